The zero-order valence-corrected chi connectivity index (χ0v) is 18.4. The van der Waals surface area contributed by atoms with Crippen molar-refractivity contribution in [3.63, 3.8) is 0 Å². The van der Waals surface area contributed by atoms with Crippen LogP contribution in [-0.4, -0.2) is 25.6 Å². The summed E-state index contributed by atoms with van der Waals surface area (Å²) >= 11 is 0. The summed E-state index contributed by atoms with van der Waals surface area (Å²) in [5.41, 5.74) is 6.61. The van der Waals surface area contributed by atoms with E-state index < -0.39 is 5.97 Å². The van der Waals surface area contributed by atoms with E-state index >= 15 is 0 Å². The number of hydrogen-bond donors (Lipinski definition) is 1. The van der Waals surface area contributed by atoms with Crippen LogP contribution in [0.25, 0.3) is 16.7 Å². The number of imidazole rings is 1. The first-order valence-corrected chi connectivity index (χ1v) is 11.2. The summed E-state index contributed by atoms with van der Waals surface area (Å²) in [6.07, 6.45) is 8.47. The van der Waals surface area contributed by atoms with Gasteiger partial charge in [0.05, 0.1) is 11.2 Å². The van der Waals surface area contributed by atoms with Crippen LogP contribution in [0.15, 0.2) is 30.3 Å². The summed E-state index contributed by atoms with van der Waals surface area (Å²) in [6, 6.07) is 10.9. The number of aryl methyl sites for hydroxylation is 4. The first-order chi connectivity index (χ1) is 14.5. The first kappa shape index (κ1) is 22.0. The number of nitrogens with zero attached hydrogens (tertiary/aromatic N) is 3. The predicted octanol–water partition coefficient (Wildman–Crippen LogP) is 5.96. The van der Waals surface area contributed by atoms with Gasteiger partial charge in [0.1, 0.15) is 11.3 Å². The lowest BCUT2D eigenvalue weighted by atomic mass is 10.0. The van der Waals surface area contributed by atoms with Crippen molar-refractivity contribution in [1.82, 2.24) is 14.5 Å². The summed E-state index contributed by atoms with van der Waals surface area (Å²) in [4.78, 5) is 20.1. The van der Waals surface area contributed by atoms with Gasteiger partial charge in [0, 0.05) is 24.2 Å². The summed E-state index contributed by atoms with van der Waals surface area (Å²) in [7, 11) is 0. The van der Waals surface area contributed by atoms with Crippen LogP contribution >= 0.6 is 0 Å². The van der Waals surface area contributed by atoms with Crippen LogP contribution in [0.3, 0.4) is 0 Å². The van der Waals surface area contributed by atoms with E-state index in [0.29, 0.717) is 0 Å². The number of carbonyl (C=O) groups is 1. The van der Waals surface area contributed by atoms with E-state index in [1.54, 1.807) is 0 Å². The number of carboxylic acid groups (broad SMARTS) is 1. The maximum Gasteiger partial charge on any atom is 0.303 e. The van der Waals surface area contributed by atoms with E-state index in [0.717, 1.165) is 85.3 Å². The zero-order valence-electron chi connectivity index (χ0n) is 18.4. The fraction of sp³-hybridized carbons (Fsp3) is 0.480. The van der Waals surface area contributed by atoms with Gasteiger partial charge in [0.15, 0.2) is 0 Å². The van der Waals surface area contributed by atoms with Crippen molar-refractivity contribution in [1.29, 1.82) is 0 Å². The monoisotopic (exact) mass is 407 g/mol. The van der Waals surface area contributed by atoms with Gasteiger partial charge < -0.3 is 5.11 Å². The highest BCUT2D eigenvalue weighted by molar-refractivity contribution is 5.80. The molecule has 3 rings (SSSR count). The lowest BCUT2D eigenvalue weighted by Crippen LogP contribution is -2.02. The number of aromatic nitrogens is 3. The molecule has 0 radical (unpaired) electrons. The molecule has 0 unspecified atom stereocenters. The smallest absolute Gasteiger partial charge is 0.303 e. The van der Waals surface area contributed by atoms with E-state index in [9.17, 15) is 4.79 Å². The molecule has 2 heterocycles. The second kappa shape index (κ2) is 10.4. The summed E-state index contributed by atoms with van der Waals surface area (Å²) < 4.78 is 2.29. The molecular formula is C25H33N3O2. The Kier molecular flexibility index (Phi) is 7.61. The Morgan fingerprint density at radius 1 is 0.967 bits per heavy atom. The van der Waals surface area contributed by atoms with Crippen molar-refractivity contribution < 1.29 is 9.90 Å². The molecule has 0 aliphatic carbocycles. The average Bonchev–Trinajstić information content (AvgIpc) is 3.08. The topological polar surface area (TPSA) is 68.0 Å². The van der Waals surface area contributed by atoms with Crippen molar-refractivity contribution in [2.45, 2.75) is 78.6 Å². The second-order valence-corrected chi connectivity index (χ2v) is 8.16. The molecule has 30 heavy (non-hydrogen) atoms. The lowest BCUT2D eigenvalue weighted by Gasteiger charge is -2.11. The predicted molar refractivity (Wildman–Crippen MR) is 121 cm³/mol. The molecule has 0 bridgehead atoms. The highest BCUT2D eigenvalue weighted by Crippen LogP contribution is 2.25. The number of fused-ring (bicyclic) bond motifs is 1. The van der Waals surface area contributed by atoms with Gasteiger partial charge in [0.25, 0.3) is 0 Å². The standard InChI is InChI=1S/C25H33N3O2/c1-4-5-11-23-27-25-19(3)26-18(2)17-22(25)28(23)21-15-13-20(14-16-21)10-8-6-7-9-12-24(29)30/h13-17H,4-12H2,1-3H3,(H,29,30). The maximum absolute atomic E-state index is 10.6. The van der Waals surface area contributed by atoms with Gasteiger partial charge in [-0.3, -0.25) is 14.3 Å². The molecule has 5 heteroatoms. The Bertz CT molecular complexity index is 990. The summed E-state index contributed by atoms with van der Waals surface area (Å²) in [6.45, 7) is 6.28. The molecule has 0 atom stereocenters. The Labute approximate surface area is 179 Å². The third-order valence-electron chi connectivity index (χ3n) is 5.57. The van der Waals surface area contributed by atoms with Crippen LogP contribution < -0.4 is 0 Å². The van der Waals surface area contributed by atoms with Crippen LogP contribution in [0.4, 0.5) is 0 Å². The minimum atomic E-state index is -0.697. The van der Waals surface area contributed by atoms with E-state index in [1.165, 1.54) is 5.56 Å². The Hall–Kier alpha value is -2.69. The van der Waals surface area contributed by atoms with E-state index in [2.05, 4.69) is 46.8 Å². The van der Waals surface area contributed by atoms with Gasteiger partial charge in [-0.25, -0.2) is 4.98 Å². The zero-order chi connectivity index (χ0) is 21.5. The van der Waals surface area contributed by atoms with Crippen LogP contribution in [0.2, 0.25) is 0 Å². The van der Waals surface area contributed by atoms with E-state index in [4.69, 9.17) is 10.1 Å². The fourth-order valence-electron chi connectivity index (χ4n) is 3.99. The third kappa shape index (κ3) is 5.47. The molecule has 160 valence electrons. The molecule has 2 aromatic heterocycles. The van der Waals surface area contributed by atoms with Crippen LogP contribution in [0.1, 0.15) is 74.6 Å². The van der Waals surface area contributed by atoms with Gasteiger partial charge in [-0.1, -0.05) is 38.3 Å². The minimum Gasteiger partial charge on any atom is -0.481 e. The molecule has 0 aliphatic rings. The molecule has 0 saturated carbocycles. The Morgan fingerprint density at radius 2 is 1.70 bits per heavy atom. The van der Waals surface area contributed by atoms with Crippen molar-refractivity contribution >= 4 is 17.0 Å². The highest BCUT2D eigenvalue weighted by Gasteiger charge is 2.15. The quantitative estimate of drug-likeness (QED) is 0.398. The summed E-state index contributed by atoms with van der Waals surface area (Å²) in [5.74, 6) is 0.408. The Balaban J connectivity index is 1.75. The van der Waals surface area contributed by atoms with Crippen molar-refractivity contribution in [3.8, 4) is 5.69 Å². The van der Waals surface area contributed by atoms with Gasteiger partial charge in [-0.15, -0.1) is 0 Å². The minimum absolute atomic E-state index is 0.280. The molecule has 3 aromatic rings. The lowest BCUT2D eigenvalue weighted by molar-refractivity contribution is -0.137. The van der Waals surface area contributed by atoms with Crippen molar-refractivity contribution in [2.75, 3.05) is 0 Å². The largest absolute Gasteiger partial charge is 0.481 e. The number of rotatable bonds is 11. The molecule has 0 spiro atoms. The number of benzene rings is 1. The molecule has 1 aromatic carbocycles. The van der Waals surface area contributed by atoms with Crippen molar-refractivity contribution in [3.05, 3.63) is 53.1 Å². The third-order valence-corrected chi connectivity index (χ3v) is 5.57. The molecular weight excluding hydrogens is 374 g/mol. The molecule has 0 saturated heterocycles. The van der Waals surface area contributed by atoms with E-state index in [-0.39, 0.29) is 6.42 Å². The molecule has 0 fully saturated rings. The first-order valence-electron chi connectivity index (χ1n) is 11.2. The molecule has 0 amide bonds. The molecule has 0 aliphatic heterocycles. The number of pyridine rings is 1. The number of aliphatic carboxylic acids is 1. The molecule has 1 N–H and O–H groups in total. The van der Waals surface area contributed by atoms with Gasteiger partial charge in [-0.2, -0.15) is 0 Å². The maximum atomic E-state index is 10.6. The SMILES string of the molecule is CCCCc1nc2c(C)nc(C)cc2n1-c1ccc(CCCCCCC(=O)O)cc1. The second-order valence-electron chi connectivity index (χ2n) is 8.16. The van der Waals surface area contributed by atoms with Crippen LogP contribution in [0, 0.1) is 13.8 Å². The Morgan fingerprint density at radius 3 is 2.40 bits per heavy atom. The summed E-state index contributed by atoms with van der Waals surface area (Å²) in [5, 5.41) is 8.71. The average molecular weight is 408 g/mol. The fourth-order valence-corrected chi connectivity index (χ4v) is 3.99. The van der Waals surface area contributed by atoms with Gasteiger partial charge >= 0.3 is 5.97 Å². The van der Waals surface area contributed by atoms with Crippen molar-refractivity contribution in [2.24, 2.45) is 0 Å². The number of carboxylic acids is 1. The molecule has 5 nitrogen and oxygen atoms in total. The van der Waals surface area contributed by atoms with Gasteiger partial charge in [0.2, 0.25) is 0 Å². The van der Waals surface area contributed by atoms with Gasteiger partial charge in [-0.05, 0) is 63.3 Å². The number of unbranched alkanes of at least 4 members (excludes halogenated alkanes) is 4. The van der Waals surface area contributed by atoms with E-state index in [1.807, 2.05) is 13.8 Å². The normalized spacial score (nSPS) is 11.3. The number of hydrogen-bond acceptors (Lipinski definition) is 3. The van der Waals surface area contributed by atoms with Crippen LogP contribution in [0.5, 0.6) is 0 Å². The van der Waals surface area contributed by atoms with Crippen LogP contribution in [-0.2, 0) is 17.6 Å². The highest BCUT2D eigenvalue weighted by atomic mass is 16.4.